The summed E-state index contributed by atoms with van der Waals surface area (Å²) < 4.78 is 0. The van der Waals surface area contributed by atoms with Crippen LogP contribution in [0.3, 0.4) is 0 Å². The molecule has 0 radical (unpaired) electrons. The molecule has 0 aliphatic carbocycles. The normalized spacial score (nSPS) is 10.2. The van der Waals surface area contributed by atoms with E-state index in [4.69, 9.17) is 11.6 Å². The molecule has 2 aromatic rings. The van der Waals surface area contributed by atoms with Gasteiger partial charge < -0.3 is 10.6 Å². The summed E-state index contributed by atoms with van der Waals surface area (Å²) in [7, 11) is 0. The number of anilines is 1. The molecule has 0 spiro atoms. The standard InChI is InChI=1S/C17H16ClN3O4/c1-10-4-3-5-11(2)16(10)20-15(22)9-19-17(23)13-7-6-12(18)8-14(13)21(24)25/h3-8H,9H2,1-2H3,(H,19,23)(H,20,22). The van der Waals surface area contributed by atoms with Crippen molar-refractivity contribution in [2.75, 3.05) is 11.9 Å². The fourth-order valence-electron chi connectivity index (χ4n) is 2.30. The van der Waals surface area contributed by atoms with Gasteiger partial charge in [0.15, 0.2) is 0 Å². The van der Waals surface area contributed by atoms with E-state index in [0.717, 1.165) is 17.2 Å². The maximum atomic E-state index is 12.1. The second-order valence-corrected chi connectivity index (χ2v) is 5.85. The smallest absolute Gasteiger partial charge is 0.283 e. The van der Waals surface area contributed by atoms with Crippen molar-refractivity contribution in [2.45, 2.75) is 13.8 Å². The predicted molar refractivity (Wildman–Crippen MR) is 95.0 cm³/mol. The van der Waals surface area contributed by atoms with Gasteiger partial charge in [0.1, 0.15) is 5.56 Å². The molecule has 130 valence electrons. The average Bonchev–Trinajstić information content (AvgIpc) is 2.56. The van der Waals surface area contributed by atoms with E-state index in [-0.39, 0.29) is 17.1 Å². The summed E-state index contributed by atoms with van der Waals surface area (Å²) in [6.45, 7) is 3.41. The molecule has 2 N–H and O–H groups in total. The zero-order valence-electron chi connectivity index (χ0n) is 13.6. The van der Waals surface area contributed by atoms with Gasteiger partial charge in [-0.05, 0) is 37.1 Å². The first kappa shape index (κ1) is 18.4. The highest BCUT2D eigenvalue weighted by Crippen LogP contribution is 2.23. The third-order valence-corrected chi connectivity index (χ3v) is 3.79. The van der Waals surface area contributed by atoms with Gasteiger partial charge in [-0.25, -0.2) is 0 Å². The molecule has 0 aromatic heterocycles. The largest absolute Gasteiger partial charge is 0.343 e. The van der Waals surface area contributed by atoms with Crippen LogP contribution in [-0.2, 0) is 4.79 Å². The SMILES string of the molecule is Cc1cccc(C)c1NC(=O)CNC(=O)c1ccc(Cl)cc1[N+](=O)[O-]. The molecule has 0 bridgehead atoms. The van der Waals surface area contributed by atoms with Crippen molar-refractivity contribution < 1.29 is 14.5 Å². The van der Waals surface area contributed by atoms with E-state index in [0.29, 0.717) is 5.69 Å². The molecule has 2 amide bonds. The minimum absolute atomic E-state index is 0.149. The van der Waals surface area contributed by atoms with Gasteiger partial charge >= 0.3 is 0 Å². The van der Waals surface area contributed by atoms with Crippen molar-refractivity contribution in [3.63, 3.8) is 0 Å². The Bertz CT molecular complexity index is 832. The van der Waals surface area contributed by atoms with Crippen molar-refractivity contribution in [3.8, 4) is 0 Å². The summed E-state index contributed by atoms with van der Waals surface area (Å²) >= 11 is 5.71. The van der Waals surface area contributed by atoms with Crippen LogP contribution in [0.4, 0.5) is 11.4 Å². The highest BCUT2D eigenvalue weighted by atomic mass is 35.5. The Kier molecular flexibility index (Phi) is 5.71. The maximum Gasteiger partial charge on any atom is 0.283 e. The summed E-state index contributed by atoms with van der Waals surface area (Å²) in [5, 5.41) is 16.3. The molecule has 0 fully saturated rings. The van der Waals surface area contributed by atoms with Gasteiger partial charge in [-0.3, -0.25) is 19.7 Å². The number of nitrogens with one attached hydrogen (secondary N) is 2. The quantitative estimate of drug-likeness (QED) is 0.630. The molecule has 0 aliphatic heterocycles. The topological polar surface area (TPSA) is 101 Å². The molecule has 2 rings (SSSR count). The van der Waals surface area contributed by atoms with Crippen LogP contribution in [0.15, 0.2) is 36.4 Å². The molecule has 0 atom stereocenters. The van der Waals surface area contributed by atoms with Gasteiger partial charge in [-0.15, -0.1) is 0 Å². The van der Waals surface area contributed by atoms with E-state index >= 15 is 0 Å². The zero-order chi connectivity index (χ0) is 18.6. The number of carbonyl (C=O) groups excluding carboxylic acids is 2. The Balaban J connectivity index is 2.05. The van der Waals surface area contributed by atoms with Gasteiger partial charge in [-0.2, -0.15) is 0 Å². The second kappa shape index (κ2) is 7.76. The number of benzene rings is 2. The van der Waals surface area contributed by atoms with Crippen LogP contribution in [0.5, 0.6) is 0 Å². The monoisotopic (exact) mass is 361 g/mol. The molecular weight excluding hydrogens is 346 g/mol. The second-order valence-electron chi connectivity index (χ2n) is 5.42. The van der Waals surface area contributed by atoms with E-state index < -0.39 is 22.4 Å². The van der Waals surface area contributed by atoms with Crippen molar-refractivity contribution >= 4 is 34.8 Å². The summed E-state index contributed by atoms with van der Waals surface area (Å²) in [5.74, 6) is -1.15. The van der Waals surface area contributed by atoms with Crippen molar-refractivity contribution in [3.05, 3.63) is 68.2 Å². The van der Waals surface area contributed by atoms with Crippen LogP contribution in [0, 0.1) is 24.0 Å². The molecule has 0 heterocycles. The van der Waals surface area contributed by atoms with E-state index in [1.54, 1.807) is 0 Å². The Morgan fingerprint density at radius 3 is 2.40 bits per heavy atom. The number of nitro benzene ring substituents is 1. The molecule has 0 saturated carbocycles. The van der Waals surface area contributed by atoms with Gasteiger partial charge in [-0.1, -0.05) is 29.8 Å². The lowest BCUT2D eigenvalue weighted by atomic mass is 10.1. The number of carbonyl (C=O) groups is 2. The Labute approximate surface area is 149 Å². The molecule has 8 heteroatoms. The summed E-state index contributed by atoms with van der Waals surface area (Å²) in [4.78, 5) is 34.5. The number of hydrogen-bond acceptors (Lipinski definition) is 4. The fourth-order valence-corrected chi connectivity index (χ4v) is 2.47. The molecule has 7 nitrogen and oxygen atoms in total. The van der Waals surface area contributed by atoms with Crippen LogP contribution >= 0.6 is 11.6 Å². The number of halogens is 1. The number of para-hydroxylation sites is 1. The molecule has 25 heavy (non-hydrogen) atoms. The fraction of sp³-hybridized carbons (Fsp3) is 0.176. The van der Waals surface area contributed by atoms with Crippen LogP contribution < -0.4 is 10.6 Å². The van der Waals surface area contributed by atoms with E-state index in [1.807, 2.05) is 32.0 Å². The van der Waals surface area contributed by atoms with E-state index in [1.165, 1.54) is 12.1 Å². The molecule has 0 aliphatic rings. The zero-order valence-corrected chi connectivity index (χ0v) is 14.4. The third-order valence-electron chi connectivity index (χ3n) is 3.56. The van der Waals surface area contributed by atoms with Gasteiger partial charge in [0.2, 0.25) is 5.91 Å². The Morgan fingerprint density at radius 2 is 1.80 bits per heavy atom. The van der Waals surface area contributed by atoms with Gasteiger partial charge in [0.05, 0.1) is 11.5 Å². The van der Waals surface area contributed by atoms with Gasteiger partial charge in [0.25, 0.3) is 11.6 Å². The lowest BCUT2D eigenvalue weighted by Crippen LogP contribution is -2.33. The first-order valence-electron chi connectivity index (χ1n) is 7.38. The summed E-state index contributed by atoms with van der Waals surface area (Å²) in [5.41, 5.74) is 1.90. The average molecular weight is 362 g/mol. The summed E-state index contributed by atoms with van der Waals surface area (Å²) in [6.07, 6.45) is 0. The van der Waals surface area contributed by atoms with Crippen LogP contribution in [0.2, 0.25) is 5.02 Å². The lowest BCUT2D eigenvalue weighted by Gasteiger charge is -2.12. The first-order chi connectivity index (χ1) is 11.8. The number of nitrogens with zero attached hydrogens (tertiary/aromatic N) is 1. The van der Waals surface area contributed by atoms with Crippen LogP contribution in [0.1, 0.15) is 21.5 Å². The number of aryl methyl sites for hydroxylation is 2. The highest BCUT2D eigenvalue weighted by molar-refractivity contribution is 6.31. The molecule has 2 aromatic carbocycles. The lowest BCUT2D eigenvalue weighted by molar-refractivity contribution is -0.385. The number of nitro groups is 1. The number of rotatable bonds is 5. The maximum absolute atomic E-state index is 12.1. The minimum atomic E-state index is -0.722. The van der Waals surface area contributed by atoms with Crippen molar-refractivity contribution in [2.24, 2.45) is 0 Å². The van der Waals surface area contributed by atoms with Crippen molar-refractivity contribution in [1.29, 1.82) is 0 Å². The first-order valence-corrected chi connectivity index (χ1v) is 7.75. The van der Waals surface area contributed by atoms with Gasteiger partial charge in [0, 0.05) is 16.8 Å². The molecule has 0 saturated heterocycles. The van der Waals surface area contributed by atoms with E-state index in [2.05, 4.69) is 10.6 Å². The Hall–Kier alpha value is -2.93. The minimum Gasteiger partial charge on any atom is -0.343 e. The molecule has 0 unspecified atom stereocenters. The number of amides is 2. The van der Waals surface area contributed by atoms with Crippen molar-refractivity contribution in [1.82, 2.24) is 5.32 Å². The van der Waals surface area contributed by atoms with Crippen LogP contribution in [0.25, 0.3) is 0 Å². The third kappa shape index (κ3) is 4.54. The number of hydrogen-bond donors (Lipinski definition) is 2. The van der Waals surface area contributed by atoms with Crippen LogP contribution in [-0.4, -0.2) is 23.3 Å². The molecular formula is C17H16ClN3O4. The Morgan fingerprint density at radius 1 is 1.16 bits per heavy atom. The summed E-state index contributed by atoms with van der Waals surface area (Å²) in [6, 6.07) is 9.31. The predicted octanol–water partition coefficient (Wildman–Crippen LogP) is 3.23. The van der Waals surface area contributed by atoms with E-state index in [9.17, 15) is 19.7 Å². The highest BCUT2D eigenvalue weighted by Gasteiger charge is 2.21.